The lowest BCUT2D eigenvalue weighted by Gasteiger charge is -2.04. The number of para-hydroxylation sites is 1. The molecule has 0 bridgehead atoms. The van der Waals surface area contributed by atoms with Crippen molar-refractivity contribution < 1.29 is 18.5 Å². The number of nitrogens with zero attached hydrogens (tertiary/aromatic N) is 2. The highest BCUT2D eigenvalue weighted by Gasteiger charge is 2.15. The van der Waals surface area contributed by atoms with Gasteiger partial charge in [0.05, 0.1) is 10.6 Å². The second kappa shape index (κ2) is 8.19. The number of carbonyl (C=O) groups is 1. The Hall–Kier alpha value is -4.25. The summed E-state index contributed by atoms with van der Waals surface area (Å²) in [6, 6.07) is 15.1. The van der Waals surface area contributed by atoms with Crippen LogP contribution in [-0.4, -0.2) is 10.8 Å². The van der Waals surface area contributed by atoms with E-state index in [0.29, 0.717) is 16.9 Å². The quantitative estimate of drug-likeness (QED) is 0.289. The third-order valence-electron chi connectivity index (χ3n) is 4.09. The molecule has 0 aliphatic rings. The van der Waals surface area contributed by atoms with E-state index in [4.69, 9.17) is 4.42 Å². The number of nitriles is 1. The molecule has 3 rings (SSSR count). The number of halogens is 1. The van der Waals surface area contributed by atoms with Crippen molar-refractivity contribution in [3.05, 3.63) is 87.4 Å². The van der Waals surface area contributed by atoms with E-state index in [1.54, 1.807) is 37.3 Å². The Labute approximate surface area is 164 Å². The summed E-state index contributed by atoms with van der Waals surface area (Å²) in [4.78, 5) is 22.9. The van der Waals surface area contributed by atoms with E-state index in [9.17, 15) is 24.6 Å². The zero-order valence-electron chi connectivity index (χ0n) is 15.2. The molecular weight excluding hydrogens is 377 g/mol. The number of benzene rings is 2. The molecule has 1 aromatic heterocycles. The average Bonchev–Trinajstić information content (AvgIpc) is 3.16. The molecule has 0 saturated carbocycles. The van der Waals surface area contributed by atoms with Gasteiger partial charge in [0.25, 0.3) is 11.6 Å². The van der Waals surface area contributed by atoms with E-state index < -0.39 is 16.6 Å². The fourth-order valence-corrected chi connectivity index (χ4v) is 2.59. The number of furan rings is 1. The number of aryl methyl sites for hydroxylation is 1. The van der Waals surface area contributed by atoms with E-state index in [-0.39, 0.29) is 22.7 Å². The molecule has 1 heterocycles. The first-order valence-electron chi connectivity index (χ1n) is 8.42. The third kappa shape index (κ3) is 4.36. The normalized spacial score (nSPS) is 11.0. The summed E-state index contributed by atoms with van der Waals surface area (Å²) in [6.45, 7) is 1.63. The third-order valence-corrected chi connectivity index (χ3v) is 4.09. The molecule has 0 aliphatic heterocycles. The number of hydrogen-bond donors (Lipinski definition) is 1. The lowest BCUT2D eigenvalue weighted by atomic mass is 10.1. The molecule has 0 saturated heterocycles. The van der Waals surface area contributed by atoms with Gasteiger partial charge in [-0.2, -0.15) is 5.26 Å². The Kier molecular flexibility index (Phi) is 5.51. The van der Waals surface area contributed by atoms with Crippen molar-refractivity contribution in [3.8, 4) is 17.4 Å². The van der Waals surface area contributed by atoms with E-state index >= 15 is 0 Å². The SMILES string of the molecule is Cc1ccc(-c2ccc(/C=C(/C#N)C(=O)Nc3ccccc3F)o2)cc1[N+](=O)[O-]. The first-order chi connectivity index (χ1) is 13.9. The van der Waals surface area contributed by atoms with Crippen molar-refractivity contribution in [2.75, 3.05) is 5.32 Å². The number of carbonyl (C=O) groups excluding carboxylic acids is 1. The van der Waals surface area contributed by atoms with Crippen LogP contribution in [0.5, 0.6) is 0 Å². The molecule has 0 atom stereocenters. The van der Waals surface area contributed by atoms with Crippen LogP contribution in [0.4, 0.5) is 15.8 Å². The van der Waals surface area contributed by atoms with E-state index in [2.05, 4.69) is 5.32 Å². The maximum Gasteiger partial charge on any atom is 0.273 e. The number of amides is 1. The van der Waals surface area contributed by atoms with Gasteiger partial charge in [0.2, 0.25) is 0 Å². The Morgan fingerprint density at radius 2 is 2.00 bits per heavy atom. The summed E-state index contributed by atoms with van der Waals surface area (Å²) in [5, 5.41) is 22.7. The first-order valence-corrected chi connectivity index (χ1v) is 8.42. The number of nitrogens with one attached hydrogen (secondary N) is 1. The van der Waals surface area contributed by atoms with Crippen LogP contribution in [0, 0.1) is 34.2 Å². The smallest absolute Gasteiger partial charge is 0.273 e. The van der Waals surface area contributed by atoms with Crippen molar-refractivity contribution in [2.45, 2.75) is 6.92 Å². The molecule has 1 N–H and O–H groups in total. The molecule has 29 heavy (non-hydrogen) atoms. The Bertz CT molecular complexity index is 1170. The zero-order valence-corrected chi connectivity index (χ0v) is 15.2. The van der Waals surface area contributed by atoms with E-state index in [1.807, 2.05) is 0 Å². The predicted molar refractivity (Wildman–Crippen MR) is 104 cm³/mol. The lowest BCUT2D eigenvalue weighted by Crippen LogP contribution is -2.14. The van der Waals surface area contributed by atoms with Crippen LogP contribution in [0.3, 0.4) is 0 Å². The second-order valence-corrected chi connectivity index (χ2v) is 6.06. The van der Waals surface area contributed by atoms with Crippen LogP contribution in [-0.2, 0) is 4.79 Å². The van der Waals surface area contributed by atoms with Crippen molar-refractivity contribution in [3.63, 3.8) is 0 Å². The van der Waals surface area contributed by atoms with Crippen molar-refractivity contribution in [1.29, 1.82) is 5.26 Å². The molecule has 144 valence electrons. The van der Waals surface area contributed by atoms with Gasteiger partial charge in [-0.25, -0.2) is 4.39 Å². The standard InChI is InChI=1S/C21H14FN3O4/c1-13-6-7-14(11-19(13)25(27)28)20-9-8-16(29-20)10-15(12-23)21(26)24-18-5-3-2-4-17(18)22/h2-11H,1H3,(H,24,26)/b15-10-. The van der Waals surface area contributed by atoms with Gasteiger partial charge in [-0.15, -0.1) is 0 Å². The molecule has 3 aromatic rings. The summed E-state index contributed by atoms with van der Waals surface area (Å²) in [5.74, 6) is -0.879. The van der Waals surface area contributed by atoms with E-state index in [1.165, 1.54) is 36.4 Å². The molecule has 2 aromatic carbocycles. The van der Waals surface area contributed by atoms with Gasteiger partial charge in [0.1, 0.15) is 29.0 Å². The van der Waals surface area contributed by atoms with Gasteiger partial charge in [-0.05, 0) is 31.2 Å². The van der Waals surface area contributed by atoms with Crippen molar-refractivity contribution in [2.24, 2.45) is 0 Å². The molecule has 1 amide bonds. The minimum atomic E-state index is -0.790. The molecule has 8 heteroatoms. The summed E-state index contributed by atoms with van der Waals surface area (Å²) in [7, 11) is 0. The van der Waals surface area contributed by atoms with Gasteiger partial charge in [-0.1, -0.05) is 24.3 Å². The fourth-order valence-electron chi connectivity index (χ4n) is 2.59. The molecule has 0 radical (unpaired) electrons. The number of hydrogen-bond acceptors (Lipinski definition) is 5. The Morgan fingerprint density at radius 1 is 1.24 bits per heavy atom. The lowest BCUT2D eigenvalue weighted by molar-refractivity contribution is -0.385. The molecule has 0 fully saturated rings. The monoisotopic (exact) mass is 391 g/mol. The Morgan fingerprint density at radius 3 is 2.69 bits per heavy atom. The number of rotatable bonds is 5. The van der Waals surface area contributed by atoms with Crippen LogP contribution in [0.25, 0.3) is 17.4 Å². The maximum atomic E-state index is 13.7. The first kappa shape index (κ1) is 19.5. The van der Waals surface area contributed by atoms with E-state index in [0.717, 1.165) is 0 Å². The molecule has 0 spiro atoms. The van der Waals surface area contributed by atoms with Gasteiger partial charge in [0.15, 0.2) is 0 Å². The number of anilines is 1. The van der Waals surface area contributed by atoms with Crippen LogP contribution in [0.1, 0.15) is 11.3 Å². The van der Waals surface area contributed by atoms with Crippen LogP contribution < -0.4 is 5.32 Å². The van der Waals surface area contributed by atoms with Gasteiger partial charge >= 0.3 is 0 Å². The largest absolute Gasteiger partial charge is 0.457 e. The van der Waals surface area contributed by atoms with Crippen LogP contribution in [0.2, 0.25) is 0 Å². The van der Waals surface area contributed by atoms with Crippen molar-refractivity contribution in [1.82, 2.24) is 0 Å². The molecule has 7 nitrogen and oxygen atoms in total. The highest BCUT2D eigenvalue weighted by molar-refractivity contribution is 6.09. The van der Waals surface area contributed by atoms with Gasteiger partial charge < -0.3 is 9.73 Å². The fraction of sp³-hybridized carbons (Fsp3) is 0.0476. The average molecular weight is 391 g/mol. The summed E-state index contributed by atoms with van der Waals surface area (Å²) < 4.78 is 19.3. The van der Waals surface area contributed by atoms with Gasteiger partial charge in [0, 0.05) is 23.3 Å². The minimum absolute atomic E-state index is 0.0435. The molecule has 0 unspecified atom stereocenters. The second-order valence-electron chi connectivity index (χ2n) is 6.06. The topological polar surface area (TPSA) is 109 Å². The Balaban J connectivity index is 1.85. The highest BCUT2D eigenvalue weighted by Crippen LogP contribution is 2.29. The summed E-state index contributed by atoms with van der Waals surface area (Å²) in [6.07, 6.45) is 1.21. The zero-order chi connectivity index (χ0) is 21.0. The number of nitro groups is 1. The van der Waals surface area contributed by atoms with Gasteiger partial charge in [-0.3, -0.25) is 14.9 Å². The summed E-state index contributed by atoms with van der Waals surface area (Å²) >= 11 is 0. The molecule has 0 aliphatic carbocycles. The van der Waals surface area contributed by atoms with Crippen molar-refractivity contribution >= 4 is 23.4 Å². The minimum Gasteiger partial charge on any atom is -0.457 e. The van der Waals surface area contributed by atoms with Crippen LogP contribution >= 0.6 is 0 Å². The predicted octanol–water partition coefficient (Wildman–Crippen LogP) is 4.85. The summed E-state index contributed by atoms with van der Waals surface area (Å²) in [5.41, 5.74) is 0.617. The maximum absolute atomic E-state index is 13.7. The highest BCUT2D eigenvalue weighted by atomic mass is 19.1. The van der Waals surface area contributed by atoms with Crippen LogP contribution in [0.15, 0.2) is 64.6 Å². The molecular formula is C21H14FN3O4. The number of nitro benzene ring substituents is 1.